The molecule has 0 aliphatic heterocycles. The fourth-order valence-electron chi connectivity index (χ4n) is 5.58. The van der Waals surface area contributed by atoms with Crippen LogP contribution < -0.4 is 0 Å². The van der Waals surface area contributed by atoms with Gasteiger partial charge in [-0.3, -0.25) is 4.57 Å². The summed E-state index contributed by atoms with van der Waals surface area (Å²) in [5, 5.41) is 4.25. The number of furan rings is 1. The second-order valence-corrected chi connectivity index (χ2v) is 10.5. The van der Waals surface area contributed by atoms with E-state index in [-0.39, 0.29) is 0 Å². The van der Waals surface area contributed by atoms with E-state index >= 15 is 0 Å². The van der Waals surface area contributed by atoms with E-state index in [0.717, 1.165) is 70.9 Å². The summed E-state index contributed by atoms with van der Waals surface area (Å²) in [4.78, 5) is 10.4. The lowest BCUT2D eigenvalue weighted by atomic mass is 10.1. The second-order valence-electron chi connectivity index (χ2n) is 9.57. The molecule has 39 heavy (non-hydrogen) atoms. The Bertz CT molecular complexity index is 2180. The third-order valence-corrected chi connectivity index (χ3v) is 7.76. The topological polar surface area (TPSA) is 43.9 Å². The first-order chi connectivity index (χ1) is 19.3. The Labute approximate surface area is 232 Å². The lowest BCUT2D eigenvalue weighted by molar-refractivity contribution is 0.669. The molecule has 0 unspecified atom stereocenters. The van der Waals surface area contributed by atoms with Gasteiger partial charge in [-0.05, 0) is 36.4 Å². The van der Waals surface area contributed by atoms with Crippen molar-refractivity contribution in [3.8, 4) is 28.3 Å². The minimum Gasteiger partial charge on any atom is -0.456 e. The van der Waals surface area contributed by atoms with Gasteiger partial charge < -0.3 is 4.42 Å². The molecule has 184 valence electrons. The van der Waals surface area contributed by atoms with Crippen molar-refractivity contribution in [3.05, 3.63) is 126 Å². The summed E-state index contributed by atoms with van der Waals surface area (Å²) in [5.41, 5.74) is 7.59. The van der Waals surface area contributed by atoms with Crippen LogP contribution in [-0.4, -0.2) is 14.5 Å². The zero-order chi connectivity index (χ0) is 25.9. The number of halogens is 1. The molecule has 8 aromatic rings. The van der Waals surface area contributed by atoms with Crippen molar-refractivity contribution in [1.82, 2.24) is 14.5 Å². The number of aromatic nitrogens is 3. The number of benzene rings is 5. The number of para-hydroxylation sites is 1. The summed E-state index contributed by atoms with van der Waals surface area (Å²) in [6, 6.07) is 41.4. The minimum absolute atomic E-state index is 0.689. The quantitative estimate of drug-likeness (QED) is 0.214. The van der Waals surface area contributed by atoms with Gasteiger partial charge in [0, 0.05) is 26.4 Å². The molecule has 5 heteroatoms. The van der Waals surface area contributed by atoms with Gasteiger partial charge in [-0.2, -0.15) is 0 Å². The van der Waals surface area contributed by atoms with Crippen molar-refractivity contribution in [2.75, 3.05) is 0 Å². The van der Waals surface area contributed by atoms with E-state index in [2.05, 4.69) is 93.3 Å². The highest BCUT2D eigenvalue weighted by Crippen LogP contribution is 2.42. The maximum absolute atomic E-state index is 6.27. The lowest BCUT2D eigenvalue weighted by Gasteiger charge is -2.11. The van der Waals surface area contributed by atoms with Crippen molar-refractivity contribution < 1.29 is 4.42 Å². The van der Waals surface area contributed by atoms with Gasteiger partial charge in [0.1, 0.15) is 16.8 Å². The fraction of sp³-hybridized carbons (Fsp3) is 0. The minimum atomic E-state index is 0.689. The van der Waals surface area contributed by atoms with Gasteiger partial charge in [-0.1, -0.05) is 101 Å². The van der Waals surface area contributed by atoms with Crippen LogP contribution in [0.2, 0.25) is 0 Å². The summed E-state index contributed by atoms with van der Waals surface area (Å²) in [7, 11) is 0. The standard InChI is InChI=1S/C34H20BrN3O/c35-23-18-19-26-25(20-23)31-32(21-10-3-1-4-11-21)36-33(22-12-5-2-6-13-22)37-34(31)38(26)27-15-9-17-29-30(27)24-14-7-8-16-28(24)39-29/h1-20H. The van der Waals surface area contributed by atoms with Crippen LogP contribution in [0.15, 0.2) is 130 Å². The molecule has 8 rings (SSSR count). The first-order valence-electron chi connectivity index (χ1n) is 12.8. The Kier molecular flexibility index (Phi) is 4.94. The van der Waals surface area contributed by atoms with Crippen LogP contribution in [0.4, 0.5) is 0 Å². The summed E-state index contributed by atoms with van der Waals surface area (Å²) >= 11 is 3.72. The van der Waals surface area contributed by atoms with Gasteiger partial charge in [0.2, 0.25) is 0 Å². The van der Waals surface area contributed by atoms with Gasteiger partial charge in [0.05, 0.1) is 27.7 Å². The van der Waals surface area contributed by atoms with Crippen LogP contribution in [0, 0.1) is 0 Å². The molecular weight excluding hydrogens is 546 g/mol. The molecule has 0 aliphatic carbocycles. The maximum Gasteiger partial charge on any atom is 0.162 e. The van der Waals surface area contributed by atoms with E-state index in [1.807, 2.05) is 48.5 Å². The smallest absolute Gasteiger partial charge is 0.162 e. The summed E-state index contributed by atoms with van der Waals surface area (Å²) in [5.74, 6) is 0.689. The first kappa shape index (κ1) is 22.3. The molecule has 0 saturated heterocycles. The third-order valence-electron chi connectivity index (χ3n) is 7.27. The van der Waals surface area contributed by atoms with Crippen LogP contribution in [-0.2, 0) is 0 Å². The molecule has 0 amide bonds. The molecule has 3 aromatic heterocycles. The summed E-state index contributed by atoms with van der Waals surface area (Å²) < 4.78 is 9.54. The average Bonchev–Trinajstić information content (AvgIpc) is 3.53. The third kappa shape index (κ3) is 3.44. The maximum atomic E-state index is 6.27. The Balaban J connectivity index is 1.59. The number of fused-ring (bicyclic) bond motifs is 6. The predicted molar refractivity (Wildman–Crippen MR) is 162 cm³/mol. The van der Waals surface area contributed by atoms with Gasteiger partial charge in [0.15, 0.2) is 5.82 Å². The van der Waals surface area contributed by atoms with Crippen LogP contribution in [0.1, 0.15) is 0 Å². The predicted octanol–water partition coefficient (Wildman–Crippen LogP) is 9.57. The zero-order valence-corrected chi connectivity index (χ0v) is 22.3. The monoisotopic (exact) mass is 565 g/mol. The molecule has 0 saturated carbocycles. The average molecular weight is 566 g/mol. The van der Waals surface area contributed by atoms with Gasteiger partial charge in [-0.15, -0.1) is 0 Å². The van der Waals surface area contributed by atoms with Gasteiger partial charge in [-0.25, -0.2) is 9.97 Å². The van der Waals surface area contributed by atoms with Crippen molar-refractivity contribution in [2.45, 2.75) is 0 Å². The fourth-order valence-corrected chi connectivity index (χ4v) is 5.94. The van der Waals surface area contributed by atoms with Crippen LogP contribution in [0.25, 0.3) is 72.2 Å². The number of nitrogens with zero attached hydrogens (tertiary/aromatic N) is 3. The SMILES string of the molecule is Brc1ccc2c(c1)c1c(-c3ccccc3)nc(-c3ccccc3)nc1n2-c1cccc2oc3ccccc3c12. The number of hydrogen-bond donors (Lipinski definition) is 0. The van der Waals surface area contributed by atoms with Crippen LogP contribution in [0.5, 0.6) is 0 Å². The highest BCUT2D eigenvalue weighted by molar-refractivity contribution is 9.10. The van der Waals surface area contributed by atoms with E-state index in [1.54, 1.807) is 0 Å². The van der Waals surface area contributed by atoms with Crippen molar-refractivity contribution in [3.63, 3.8) is 0 Å². The van der Waals surface area contributed by atoms with Crippen molar-refractivity contribution in [2.24, 2.45) is 0 Å². The Hall–Kier alpha value is -4.74. The Morgan fingerprint density at radius 1 is 0.590 bits per heavy atom. The summed E-state index contributed by atoms with van der Waals surface area (Å²) in [6.45, 7) is 0. The summed E-state index contributed by atoms with van der Waals surface area (Å²) in [6.07, 6.45) is 0. The molecule has 0 N–H and O–H groups in total. The van der Waals surface area contributed by atoms with Gasteiger partial charge in [0.25, 0.3) is 0 Å². The van der Waals surface area contributed by atoms with E-state index in [9.17, 15) is 0 Å². The first-order valence-corrected chi connectivity index (χ1v) is 13.6. The Morgan fingerprint density at radius 3 is 2.13 bits per heavy atom. The molecule has 0 spiro atoms. The lowest BCUT2D eigenvalue weighted by Crippen LogP contribution is -2.00. The van der Waals surface area contributed by atoms with E-state index in [4.69, 9.17) is 14.4 Å². The molecule has 5 aromatic carbocycles. The molecule has 0 atom stereocenters. The molecule has 4 nitrogen and oxygen atoms in total. The van der Waals surface area contributed by atoms with E-state index in [0.29, 0.717) is 5.82 Å². The molecule has 3 heterocycles. The molecule has 0 fully saturated rings. The van der Waals surface area contributed by atoms with Crippen molar-refractivity contribution in [1.29, 1.82) is 0 Å². The largest absolute Gasteiger partial charge is 0.456 e. The van der Waals surface area contributed by atoms with Crippen LogP contribution in [0.3, 0.4) is 0 Å². The van der Waals surface area contributed by atoms with Crippen LogP contribution >= 0.6 is 15.9 Å². The molecule has 0 radical (unpaired) electrons. The number of rotatable bonds is 3. The molecular formula is C34H20BrN3O. The normalized spacial score (nSPS) is 11.7. The molecule has 0 bridgehead atoms. The van der Waals surface area contributed by atoms with E-state index in [1.165, 1.54) is 0 Å². The van der Waals surface area contributed by atoms with Crippen molar-refractivity contribution >= 4 is 59.8 Å². The van der Waals surface area contributed by atoms with Gasteiger partial charge >= 0.3 is 0 Å². The highest BCUT2D eigenvalue weighted by atomic mass is 79.9. The second kappa shape index (κ2) is 8.65. The van der Waals surface area contributed by atoms with E-state index < -0.39 is 0 Å². The number of hydrogen-bond acceptors (Lipinski definition) is 3. The molecule has 0 aliphatic rings. The highest BCUT2D eigenvalue weighted by Gasteiger charge is 2.23. The zero-order valence-electron chi connectivity index (χ0n) is 20.7. The Morgan fingerprint density at radius 2 is 1.31 bits per heavy atom.